The number of benzene rings is 1. The molecule has 0 saturated heterocycles. The Morgan fingerprint density at radius 1 is 1.20 bits per heavy atom. The van der Waals surface area contributed by atoms with Crippen molar-refractivity contribution in [2.75, 3.05) is 5.43 Å². The molecule has 0 aliphatic rings. The molecule has 0 unspecified atom stereocenters. The summed E-state index contributed by atoms with van der Waals surface area (Å²) in [5.74, 6) is 0. The molecule has 0 saturated carbocycles. The average Bonchev–Trinajstić information content (AvgIpc) is 2.82. The molecule has 0 spiro atoms. The highest BCUT2D eigenvalue weighted by atomic mass is 35.5. The normalized spacial score (nSPS) is 12.6. The Labute approximate surface area is 122 Å². The first kappa shape index (κ1) is 14.9. The van der Waals surface area contributed by atoms with Crippen LogP contribution in [0.25, 0.3) is 0 Å². The van der Waals surface area contributed by atoms with Gasteiger partial charge in [0.2, 0.25) is 0 Å². The van der Waals surface area contributed by atoms with Crippen LogP contribution in [0.15, 0.2) is 41.5 Å². The van der Waals surface area contributed by atoms with Crippen molar-refractivity contribution >= 4 is 34.3 Å². The highest BCUT2D eigenvalue weighted by Crippen LogP contribution is 2.34. The number of alkyl halides is 3. The molecule has 0 aliphatic carbocycles. The highest BCUT2D eigenvalue weighted by molar-refractivity contribution is 7.18. The number of anilines is 1. The smallest absolute Gasteiger partial charge is 0.278 e. The maximum atomic E-state index is 12.8. The molecule has 0 radical (unpaired) electrons. The van der Waals surface area contributed by atoms with Crippen molar-refractivity contribution < 1.29 is 13.2 Å². The molecular weight excluding hydrogens is 309 g/mol. The zero-order valence-corrected chi connectivity index (χ0v) is 11.9. The fourth-order valence-electron chi connectivity index (χ4n) is 1.54. The highest BCUT2D eigenvalue weighted by Gasteiger charge is 2.33. The molecule has 1 aromatic carbocycles. The number of nitrogens with one attached hydrogen (secondary N) is 1. The van der Waals surface area contributed by atoms with Gasteiger partial charge in [-0.05, 0) is 31.2 Å². The van der Waals surface area contributed by atoms with Crippen molar-refractivity contribution in [1.82, 2.24) is 0 Å². The molecule has 0 amide bonds. The van der Waals surface area contributed by atoms with Gasteiger partial charge in [0.05, 0.1) is 26.2 Å². The van der Waals surface area contributed by atoms with Crippen LogP contribution in [0.3, 0.4) is 0 Å². The van der Waals surface area contributed by atoms with Gasteiger partial charge in [-0.2, -0.15) is 18.3 Å². The van der Waals surface area contributed by atoms with E-state index in [1.165, 1.54) is 29.5 Å². The molecule has 0 bridgehead atoms. The molecule has 2 rings (SSSR count). The summed E-state index contributed by atoms with van der Waals surface area (Å²) < 4.78 is 39.0. The first-order valence-electron chi connectivity index (χ1n) is 5.60. The first-order valence-corrected chi connectivity index (χ1v) is 6.79. The minimum atomic E-state index is -4.42. The van der Waals surface area contributed by atoms with Crippen LogP contribution in [0.4, 0.5) is 18.9 Å². The zero-order valence-electron chi connectivity index (χ0n) is 10.3. The third-order valence-electron chi connectivity index (χ3n) is 2.51. The average molecular weight is 319 g/mol. The first-order chi connectivity index (χ1) is 9.38. The lowest BCUT2D eigenvalue weighted by Crippen LogP contribution is -2.09. The van der Waals surface area contributed by atoms with E-state index in [4.69, 9.17) is 11.6 Å². The summed E-state index contributed by atoms with van der Waals surface area (Å²) in [6, 6.07) is 8.68. The molecule has 0 aliphatic heterocycles. The quantitative estimate of drug-likeness (QED) is 0.606. The molecule has 7 heteroatoms. The van der Waals surface area contributed by atoms with Gasteiger partial charge in [-0.3, -0.25) is 5.43 Å². The van der Waals surface area contributed by atoms with Gasteiger partial charge in [0.1, 0.15) is 0 Å². The minimum Gasteiger partial charge on any atom is -0.278 e. The van der Waals surface area contributed by atoms with Crippen LogP contribution in [0.2, 0.25) is 4.34 Å². The van der Waals surface area contributed by atoms with Gasteiger partial charge < -0.3 is 0 Å². The maximum Gasteiger partial charge on any atom is 0.418 e. The molecule has 20 heavy (non-hydrogen) atoms. The number of halogens is 4. The van der Waals surface area contributed by atoms with E-state index in [2.05, 4.69) is 10.5 Å². The third-order valence-corrected chi connectivity index (χ3v) is 3.85. The number of nitrogens with zero attached hydrogens (tertiary/aromatic N) is 1. The van der Waals surface area contributed by atoms with Crippen LogP contribution >= 0.6 is 22.9 Å². The number of hydrogen-bond acceptors (Lipinski definition) is 3. The summed E-state index contributed by atoms with van der Waals surface area (Å²) in [4.78, 5) is 0.798. The van der Waals surface area contributed by atoms with Crippen LogP contribution in [0.5, 0.6) is 0 Å². The van der Waals surface area contributed by atoms with Gasteiger partial charge in [0, 0.05) is 0 Å². The van der Waals surface area contributed by atoms with Crippen molar-refractivity contribution in [3.8, 4) is 0 Å². The van der Waals surface area contributed by atoms with Crippen LogP contribution in [-0.2, 0) is 6.18 Å². The Balaban J connectivity index is 2.23. The Bertz CT molecular complexity index is 635. The summed E-state index contributed by atoms with van der Waals surface area (Å²) in [6.45, 7) is 1.70. The van der Waals surface area contributed by atoms with E-state index in [0.717, 1.165) is 10.9 Å². The van der Waals surface area contributed by atoms with Crippen molar-refractivity contribution in [3.05, 3.63) is 51.2 Å². The number of hydrogen-bond donors (Lipinski definition) is 1. The summed E-state index contributed by atoms with van der Waals surface area (Å²) in [6.07, 6.45) is -4.42. The third kappa shape index (κ3) is 3.52. The number of para-hydroxylation sites is 1. The van der Waals surface area contributed by atoms with E-state index >= 15 is 0 Å². The second-order valence-corrected chi connectivity index (χ2v) is 5.67. The second-order valence-electron chi connectivity index (χ2n) is 3.96. The fourth-order valence-corrected chi connectivity index (χ4v) is 2.52. The Morgan fingerprint density at radius 2 is 1.90 bits per heavy atom. The van der Waals surface area contributed by atoms with Crippen molar-refractivity contribution in [2.24, 2.45) is 5.10 Å². The molecule has 0 atom stereocenters. The second kappa shape index (κ2) is 5.85. The largest absolute Gasteiger partial charge is 0.418 e. The molecule has 1 aromatic heterocycles. The molecule has 106 valence electrons. The summed E-state index contributed by atoms with van der Waals surface area (Å²) in [5, 5.41) is 3.97. The standard InChI is InChI=1S/C13H10ClF3N2S/c1-8(11-6-7-12(14)20-11)18-19-10-5-3-2-4-9(10)13(15,16)17/h2-7,19H,1H3/b18-8-. The monoisotopic (exact) mass is 318 g/mol. The van der Waals surface area contributed by atoms with Crippen molar-refractivity contribution in [2.45, 2.75) is 13.1 Å². The Morgan fingerprint density at radius 3 is 2.50 bits per heavy atom. The lowest BCUT2D eigenvalue weighted by atomic mass is 10.2. The predicted molar refractivity (Wildman–Crippen MR) is 76.6 cm³/mol. The van der Waals surface area contributed by atoms with E-state index in [-0.39, 0.29) is 5.69 Å². The van der Waals surface area contributed by atoms with E-state index < -0.39 is 11.7 Å². The predicted octanol–water partition coefficient (Wildman–Crippen LogP) is 5.26. The van der Waals surface area contributed by atoms with Crippen LogP contribution in [0, 0.1) is 0 Å². The molecule has 0 fully saturated rings. The summed E-state index contributed by atoms with van der Waals surface area (Å²) >= 11 is 7.11. The maximum absolute atomic E-state index is 12.8. The molecule has 2 nitrogen and oxygen atoms in total. The van der Waals surface area contributed by atoms with Gasteiger partial charge >= 0.3 is 6.18 Å². The topological polar surface area (TPSA) is 24.4 Å². The molecule has 1 N–H and O–H groups in total. The fraction of sp³-hybridized carbons (Fsp3) is 0.154. The SMILES string of the molecule is C/C(=N/Nc1ccccc1C(F)(F)F)c1ccc(Cl)s1. The van der Waals surface area contributed by atoms with Gasteiger partial charge in [-0.1, -0.05) is 23.7 Å². The van der Waals surface area contributed by atoms with Gasteiger partial charge in [-0.25, -0.2) is 0 Å². The van der Waals surface area contributed by atoms with Crippen molar-refractivity contribution in [3.63, 3.8) is 0 Å². The lowest BCUT2D eigenvalue weighted by molar-refractivity contribution is -0.136. The van der Waals surface area contributed by atoms with E-state index in [1.807, 2.05) is 0 Å². The van der Waals surface area contributed by atoms with Crippen LogP contribution in [0.1, 0.15) is 17.4 Å². The number of thiophene rings is 1. The van der Waals surface area contributed by atoms with E-state index in [1.54, 1.807) is 19.1 Å². The summed E-state index contributed by atoms with van der Waals surface area (Å²) in [5.41, 5.74) is 2.20. The van der Waals surface area contributed by atoms with Crippen LogP contribution in [-0.4, -0.2) is 5.71 Å². The molecule has 2 aromatic rings. The Hall–Kier alpha value is -1.53. The zero-order chi connectivity index (χ0) is 14.8. The summed E-state index contributed by atoms with van der Waals surface area (Å²) in [7, 11) is 0. The lowest BCUT2D eigenvalue weighted by Gasteiger charge is -2.11. The number of rotatable bonds is 3. The van der Waals surface area contributed by atoms with Gasteiger partial charge in [0.25, 0.3) is 0 Å². The molecule has 1 heterocycles. The van der Waals surface area contributed by atoms with Crippen LogP contribution < -0.4 is 5.43 Å². The van der Waals surface area contributed by atoms with Gasteiger partial charge in [0.15, 0.2) is 0 Å². The van der Waals surface area contributed by atoms with Crippen molar-refractivity contribution in [1.29, 1.82) is 0 Å². The minimum absolute atomic E-state index is 0.0815. The van der Waals surface area contributed by atoms with E-state index in [0.29, 0.717) is 10.0 Å². The van der Waals surface area contributed by atoms with Gasteiger partial charge in [-0.15, -0.1) is 11.3 Å². The number of hydrazone groups is 1. The Kier molecular flexibility index (Phi) is 4.35. The van der Waals surface area contributed by atoms with E-state index in [9.17, 15) is 13.2 Å². The molecular formula is C13H10ClF3N2S.